The largest absolute Gasteiger partial charge is 0.495 e. The Balaban J connectivity index is 3.11. The molecule has 0 amide bonds. The lowest BCUT2D eigenvalue weighted by Crippen LogP contribution is -2.29. The van der Waals surface area contributed by atoms with Gasteiger partial charge in [-0.2, -0.15) is 0 Å². The van der Waals surface area contributed by atoms with Crippen LogP contribution in [0.5, 0.6) is 5.75 Å². The monoisotopic (exact) mass is 366 g/mol. The Morgan fingerprint density at radius 1 is 1.35 bits per heavy atom. The van der Waals surface area contributed by atoms with Crippen LogP contribution in [0.25, 0.3) is 0 Å². The van der Waals surface area contributed by atoms with Crippen LogP contribution in [-0.2, 0) is 14.8 Å². The van der Waals surface area contributed by atoms with Crippen LogP contribution in [0.4, 0.5) is 5.69 Å². The van der Waals surface area contributed by atoms with Crippen LogP contribution in [0.15, 0.2) is 21.5 Å². The summed E-state index contributed by atoms with van der Waals surface area (Å²) in [5.41, 5.74) is 6.10. The van der Waals surface area contributed by atoms with Gasteiger partial charge in [0.05, 0.1) is 7.11 Å². The lowest BCUT2D eigenvalue weighted by molar-refractivity contribution is 0.189. The highest BCUT2D eigenvalue weighted by molar-refractivity contribution is 9.10. The fourth-order valence-electron chi connectivity index (χ4n) is 1.63. The number of ether oxygens (including phenoxy) is 2. The number of hydrogen-bond donors (Lipinski definition) is 1. The summed E-state index contributed by atoms with van der Waals surface area (Å²) in [7, 11) is 0.862. The van der Waals surface area contributed by atoms with Gasteiger partial charge >= 0.3 is 0 Å². The smallest absolute Gasteiger partial charge is 0.246 e. The second kappa shape index (κ2) is 7.26. The number of nitrogens with zero attached hydrogens (tertiary/aromatic N) is 1. The number of anilines is 1. The highest BCUT2D eigenvalue weighted by atomic mass is 79.9. The molecule has 0 heterocycles. The number of sulfonamides is 1. The molecule has 20 heavy (non-hydrogen) atoms. The van der Waals surface area contributed by atoms with Crippen LogP contribution in [0, 0.1) is 0 Å². The molecule has 114 valence electrons. The molecule has 2 N–H and O–H groups in total. The van der Waals surface area contributed by atoms with E-state index in [1.54, 1.807) is 13.2 Å². The second-order valence-corrected chi connectivity index (χ2v) is 7.07. The molecule has 0 spiro atoms. The van der Waals surface area contributed by atoms with Crippen LogP contribution in [0.2, 0.25) is 0 Å². The first kappa shape index (κ1) is 17.2. The van der Waals surface area contributed by atoms with Crippen molar-refractivity contribution in [3.8, 4) is 5.75 Å². The zero-order chi connectivity index (χ0) is 15.3. The van der Waals surface area contributed by atoms with Gasteiger partial charge in [-0.3, -0.25) is 0 Å². The molecule has 8 heteroatoms. The number of nitrogens with two attached hydrogens (primary N) is 1. The molecule has 6 nitrogen and oxygen atoms in total. The second-order valence-electron chi connectivity index (χ2n) is 4.20. The van der Waals surface area contributed by atoms with Crippen LogP contribution < -0.4 is 10.5 Å². The van der Waals surface area contributed by atoms with E-state index in [4.69, 9.17) is 15.2 Å². The standard InChI is InChI=1S/C12H19BrN2O4S/c1-15(5-4-6-18-2)20(16,17)12-8-10(14)9(13)7-11(12)19-3/h7-8H,4-6,14H2,1-3H3. The van der Waals surface area contributed by atoms with Crippen molar-refractivity contribution in [1.82, 2.24) is 4.31 Å². The van der Waals surface area contributed by atoms with E-state index in [1.165, 1.54) is 24.5 Å². The minimum absolute atomic E-state index is 0.0561. The normalized spacial score (nSPS) is 11.8. The highest BCUT2D eigenvalue weighted by Gasteiger charge is 2.25. The van der Waals surface area contributed by atoms with Crippen LogP contribution in [-0.4, -0.2) is 47.1 Å². The molecule has 0 fully saturated rings. The van der Waals surface area contributed by atoms with E-state index < -0.39 is 10.0 Å². The van der Waals surface area contributed by atoms with Gasteiger partial charge in [-0.05, 0) is 34.5 Å². The SMILES string of the molecule is COCCCN(C)S(=O)(=O)c1cc(N)c(Br)cc1OC. The van der Waals surface area contributed by atoms with Gasteiger partial charge in [-0.25, -0.2) is 12.7 Å². The van der Waals surface area contributed by atoms with Crippen molar-refractivity contribution in [2.45, 2.75) is 11.3 Å². The number of benzene rings is 1. The molecular weight excluding hydrogens is 348 g/mol. The first-order valence-corrected chi connectivity index (χ1v) is 8.16. The van der Waals surface area contributed by atoms with Crippen LogP contribution >= 0.6 is 15.9 Å². The van der Waals surface area contributed by atoms with Gasteiger partial charge < -0.3 is 15.2 Å². The Kier molecular flexibility index (Phi) is 6.25. The van der Waals surface area contributed by atoms with E-state index in [9.17, 15) is 8.42 Å². The molecule has 1 rings (SSSR count). The topological polar surface area (TPSA) is 81.9 Å². The number of nitrogen functional groups attached to an aromatic ring is 1. The zero-order valence-electron chi connectivity index (χ0n) is 11.7. The number of halogens is 1. The van der Waals surface area contributed by atoms with Gasteiger partial charge in [0.15, 0.2) is 0 Å². The minimum Gasteiger partial charge on any atom is -0.495 e. The van der Waals surface area contributed by atoms with Gasteiger partial charge in [0.1, 0.15) is 10.6 Å². The van der Waals surface area contributed by atoms with Crippen molar-refractivity contribution in [1.29, 1.82) is 0 Å². The Morgan fingerprint density at radius 3 is 2.55 bits per heavy atom. The third-order valence-electron chi connectivity index (χ3n) is 2.79. The van der Waals surface area contributed by atoms with Crippen LogP contribution in [0.1, 0.15) is 6.42 Å². The Hall–Kier alpha value is -0.830. The first-order chi connectivity index (χ1) is 9.34. The van der Waals surface area contributed by atoms with Gasteiger partial charge in [0.2, 0.25) is 10.0 Å². The Bertz CT molecular complexity index is 563. The summed E-state index contributed by atoms with van der Waals surface area (Å²) < 4.78 is 36.9. The van der Waals surface area contributed by atoms with Gasteiger partial charge in [-0.1, -0.05) is 0 Å². The van der Waals surface area contributed by atoms with Crippen LogP contribution in [0.3, 0.4) is 0 Å². The molecular formula is C12H19BrN2O4S. The minimum atomic E-state index is -3.65. The summed E-state index contributed by atoms with van der Waals surface area (Å²) in [6.45, 7) is 0.856. The van der Waals surface area contributed by atoms with E-state index in [-0.39, 0.29) is 10.6 Å². The van der Waals surface area contributed by atoms with Crippen molar-refractivity contribution in [3.63, 3.8) is 0 Å². The Morgan fingerprint density at radius 2 is 2.00 bits per heavy atom. The van der Waals surface area contributed by atoms with Gasteiger partial charge in [0.25, 0.3) is 0 Å². The first-order valence-electron chi connectivity index (χ1n) is 5.93. The molecule has 0 unspecified atom stereocenters. The van der Waals surface area contributed by atoms with Gasteiger partial charge in [0, 0.05) is 37.5 Å². The lowest BCUT2D eigenvalue weighted by atomic mass is 10.3. The molecule has 0 aliphatic heterocycles. The fourth-order valence-corrected chi connectivity index (χ4v) is 3.33. The predicted octanol–water partition coefficient (Wildman–Crippen LogP) is 1.70. The van der Waals surface area contributed by atoms with Crippen molar-refractivity contribution in [2.24, 2.45) is 0 Å². The number of hydrogen-bond acceptors (Lipinski definition) is 5. The van der Waals surface area contributed by atoms with Gasteiger partial charge in [-0.15, -0.1) is 0 Å². The molecule has 0 atom stereocenters. The van der Waals surface area contributed by atoms with E-state index in [0.29, 0.717) is 29.7 Å². The van der Waals surface area contributed by atoms with Crippen molar-refractivity contribution >= 4 is 31.6 Å². The molecule has 1 aromatic rings. The van der Waals surface area contributed by atoms with Crippen molar-refractivity contribution in [2.75, 3.05) is 40.2 Å². The average molecular weight is 367 g/mol. The van der Waals surface area contributed by atoms with E-state index in [2.05, 4.69) is 15.9 Å². The van der Waals surface area contributed by atoms with E-state index in [1.807, 2.05) is 0 Å². The third-order valence-corrected chi connectivity index (χ3v) is 5.36. The van der Waals surface area contributed by atoms with Crippen molar-refractivity contribution < 1.29 is 17.9 Å². The number of methoxy groups -OCH3 is 2. The molecule has 0 aliphatic rings. The quantitative estimate of drug-likeness (QED) is 0.586. The summed E-state index contributed by atoms with van der Waals surface area (Å²) in [5, 5.41) is 0. The zero-order valence-corrected chi connectivity index (χ0v) is 14.1. The van der Waals surface area contributed by atoms with E-state index >= 15 is 0 Å². The maximum atomic E-state index is 12.5. The fraction of sp³-hybridized carbons (Fsp3) is 0.500. The molecule has 0 aliphatic carbocycles. The molecule has 0 saturated carbocycles. The maximum absolute atomic E-state index is 12.5. The maximum Gasteiger partial charge on any atom is 0.246 e. The predicted molar refractivity (Wildman–Crippen MR) is 81.4 cm³/mol. The van der Waals surface area contributed by atoms with Crippen molar-refractivity contribution in [3.05, 3.63) is 16.6 Å². The summed E-state index contributed by atoms with van der Waals surface area (Å²) in [4.78, 5) is 0.0561. The molecule has 0 radical (unpaired) electrons. The average Bonchev–Trinajstić information content (AvgIpc) is 2.41. The molecule has 0 bridgehead atoms. The Labute approximate surface area is 128 Å². The summed E-state index contributed by atoms with van der Waals surface area (Å²) in [6.07, 6.45) is 0.612. The third kappa shape index (κ3) is 3.85. The summed E-state index contributed by atoms with van der Waals surface area (Å²) in [5.74, 6) is 0.254. The molecule has 1 aromatic carbocycles. The molecule has 0 saturated heterocycles. The molecule has 0 aromatic heterocycles. The lowest BCUT2D eigenvalue weighted by Gasteiger charge is -2.19. The summed E-state index contributed by atoms with van der Waals surface area (Å²) >= 11 is 3.25. The summed E-state index contributed by atoms with van der Waals surface area (Å²) in [6, 6.07) is 2.94. The highest BCUT2D eigenvalue weighted by Crippen LogP contribution is 2.33. The van der Waals surface area contributed by atoms with E-state index in [0.717, 1.165) is 0 Å². The number of rotatable bonds is 7.